The molecule has 0 fully saturated rings. The van der Waals surface area contributed by atoms with Crippen molar-refractivity contribution in [1.29, 1.82) is 0 Å². The molecule has 0 aliphatic rings. The summed E-state index contributed by atoms with van der Waals surface area (Å²) in [6.45, 7) is 0. The van der Waals surface area contributed by atoms with Crippen LogP contribution in [0.4, 0.5) is 0 Å². The first kappa shape index (κ1) is 22.1. The second-order valence-corrected chi connectivity index (χ2v) is 0. The molecule has 0 atom stereocenters. The third kappa shape index (κ3) is 140. The number of nitrogens with zero attached hydrogens (tertiary/aromatic N) is 2. The molecule has 0 saturated carbocycles. The molecule has 0 unspecified atom stereocenters. The predicted octanol–water partition coefficient (Wildman–Crippen LogP) is 0.642. The Morgan fingerprint density at radius 2 is 0.800 bits per heavy atom. The van der Waals surface area contributed by atoms with Crippen molar-refractivity contribution in [3.05, 3.63) is 21.0 Å². The predicted molar refractivity (Wildman–Crippen MR) is 13.5 cm³/mol. The van der Waals surface area contributed by atoms with Gasteiger partial charge in [-0.25, -0.2) is 0 Å². The zero-order valence-electron chi connectivity index (χ0n) is 2.06. The van der Waals surface area contributed by atoms with Crippen molar-refractivity contribution in [2.75, 3.05) is 0 Å². The molecular formula is FeN2O2+2. The molecule has 28 valence electrons. The fourth-order valence-electron chi connectivity index (χ4n) is 0. The van der Waals surface area contributed by atoms with Gasteiger partial charge >= 0.3 is 17.1 Å². The van der Waals surface area contributed by atoms with Crippen LogP contribution in [0, 0.1) is 9.81 Å². The van der Waals surface area contributed by atoms with Crippen LogP contribution in [0.1, 0.15) is 0 Å². The van der Waals surface area contributed by atoms with Gasteiger partial charge in [0.05, 0.1) is 0 Å². The smallest absolute Gasteiger partial charge is 0.577 e. The van der Waals surface area contributed by atoms with Gasteiger partial charge in [0.25, 0.3) is 0 Å². The van der Waals surface area contributed by atoms with E-state index in [4.69, 9.17) is 21.0 Å². The molecule has 0 rings (SSSR count). The Morgan fingerprint density at radius 3 is 0.800 bits per heavy atom. The monoisotopic (exact) mass is 116 g/mol. The van der Waals surface area contributed by atoms with E-state index >= 15 is 0 Å². The van der Waals surface area contributed by atoms with E-state index in [0.29, 0.717) is 0 Å². The maximum atomic E-state index is 7.25. The average Bonchev–Trinajstić information content (AvgIpc) is 1.50. The van der Waals surface area contributed by atoms with Crippen LogP contribution < -0.4 is 0 Å². The molecule has 5 heavy (non-hydrogen) atoms. The largest absolute Gasteiger partial charge is 4.00 e. The van der Waals surface area contributed by atoms with Gasteiger partial charge in [-0.05, 0) is 0 Å². The molecule has 0 amide bonds. The summed E-state index contributed by atoms with van der Waals surface area (Å²) >= 11 is 0. The summed E-state index contributed by atoms with van der Waals surface area (Å²) in [5.41, 5.74) is 11.5. The first-order chi connectivity index (χ1) is 2.00. The maximum absolute atomic E-state index is 7.25. The van der Waals surface area contributed by atoms with Crippen molar-refractivity contribution < 1.29 is 17.1 Å². The molecule has 0 aromatic heterocycles. The van der Waals surface area contributed by atoms with Gasteiger partial charge in [0.15, 0.2) is 0 Å². The standard InChI is InChI=1S/Fe.2NO/c;2*1-2/q+4;2*-1. The molecule has 0 N–H and O–H groups in total. The van der Waals surface area contributed by atoms with Crippen LogP contribution >= 0.6 is 0 Å². The molecule has 0 aliphatic carbocycles. The van der Waals surface area contributed by atoms with Gasteiger partial charge in [-0.3, -0.25) is 0 Å². The Morgan fingerprint density at radius 1 is 0.800 bits per heavy atom. The van der Waals surface area contributed by atoms with E-state index in [0.717, 1.165) is 0 Å². The Hall–Kier alpha value is -0.281. The average molecular weight is 116 g/mol. The molecule has 0 aromatic carbocycles. The van der Waals surface area contributed by atoms with E-state index in [2.05, 4.69) is 0 Å². The minimum atomic E-state index is 0. The summed E-state index contributed by atoms with van der Waals surface area (Å²) in [5, 5.41) is 0. The van der Waals surface area contributed by atoms with Gasteiger partial charge in [-0.2, -0.15) is 0 Å². The topological polar surface area (TPSA) is 78.7 Å². The second-order valence-electron chi connectivity index (χ2n) is 0. The summed E-state index contributed by atoms with van der Waals surface area (Å²) in [7, 11) is 0. The molecular weight excluding hydrogens is 116 g/mol. The molecule has 0 radical (unpaired) electrons. The van der Waals surface area contributed by atoms with Crippen molar-refractivity contribution in [2.45, 2.75) is 0 Å². The van der Waals surface area contributed by atoms with Crippen molar-refractivity contribution in [2.24, 2.45) is 0 Å². The number of rotatable bonds is 0. The molecule has 4 nitrogen and oxygen atoms in total. The third-order valence-electron chi connectivity index (χ3n) is 0. The van der Waals surface area contributed by atoms with Gasteiger partial charge < -0.3 is 21.0 Å². The van der Waals surface area contributed by atoms with Gasteiger partial charge in [-0.15, -0.1) is 0 Å². The quantitative estimate of drug-likeness (QED) is 0.435. The summed E-state index contributed by atoms with van der Waals surface area (Å²) in [5.74, 6) is 0. The summed E-state index contributed by atoms with van der Waals surface area (Å²) in [6.07, 6.45) is 0. The van der Waals surface area contributed by atoms with Crippen molar-refractivity contribution in [1.82, 2.24) is 0 Å². The Balaban J connectivity index is -0.0000000133. The molecule has 0 aromatic rings. The van der Waals surface area contributed by atoms with Crippen LogP contribution in [0.5, 0.6) is 0 Å². The van der Waals surface area contributed by atoms with Crippen molar-refractivity contribution in [3.63, 3.8) is 0 Å². The minimum Gasteiger partial charge on any atom is -0.577 e. The van der Waals surface area contributed by atoms with E-state index in [1.54, 1.807) is 0 Å². The third-order valence-corrected chi connectivity index (χ3v) is 0. The Kier molecular flexibility index (Phi) is 1540. The van der Waals surface area contributed by atoms with Gasteiger partial charge in [-0.1, -0.05) is 0 Å². The normalized spacial score (nSPS) is 1.60. The van der Waals surface area contributed by atoms with E-state index in [1.165, 1.54) is 0 Å². The Bertz CT molecular complexity index is 9.61. The summed E-state index contributed by atoms with van der Waals surface area (Å²) in [4.78, 5) is 14.5. The first-order valence-electron chi connectivity index (χ1n) is 0.365. The van der Waals surface area contributed by atoms with E-state index in [1.807, 2.05) is 0 Å². The zero-order chi connectivity index (χ0) is 4.00. The van der Waals surface area contributed by atoms with Crippen molar-refractivity contribution >= 4 is 0 Å². The Labute approximate surface area is 38.9 Å². The van der Waals surface area contributed by atoms with Gasteiger partial charge in [0.1, 0.15) is 0 Å². The maximum Gasteiger partial charge on any atom is 4.00 e. The van der Waals surface area contributed by atoms with Crippen LogP contribution in [0.25, 0.3) is 11.2 Å². The summed E-state index contributed by atoms with van der Waals surface area (Å²) < 4.78 is 0. The zero-order valence-corrected chi connectivity index (χ0v) is 3.17. The van der Waals surface area contributed by atoms with E-state index < -0.39 is 0 Å². The van der Waals surface area contributed by atoms with E-state index in [9.17, 15) is 0 Å². The molecule has 0 bridgehead atoms. The first-order valence-corrected chi connectivity index (χ1v) is 0.365. The summed E-state index contributed by atoms with van der Waals surface area (Å²) in [6, 6.07) is 0. The number of nitroso groups, excluding NO2 is 2. The molecule has 0 spiro atoms. The number of hydrogen-bond donors (Lipinski definition) is 0. The molecule has 0 heterocycles. The van der Waals surface area contributed by atoms with Gasteiger partial charge in [0, 0.05) is 0 Å². The van der Waals surface area contributed by atoms with E-state index in [-0.39, 0.29) is 17.1 Å². The number of hydrogen-bond acceptors (Lipinski definition) is 2. The van der Waals surface area contributed by atoms with Crippen LogP contribution in [0.15, 0.2) is 0 Å². The molecule has 5 heteroatoms. The SMILES string of the molecule is [Fe+4].[N-]=O.[N-]=O. The van der Waals surface area contributed by atoms with Crippen molar-refractivity contribution in [3.8, 4) is 0 Å². The fourth-order valence-corrected chi connectivity index (χ4v) is 0. The second kappa shape index (κ2) is 350. The van der Waals surface area contributed by atoms with Crippen LogP contribution in [-0.2, 0) is 17.1 Å². The molecule has 0 saturated heterocycles. The van der Waals surface area contributed by atoms with Gasteiger partial charge in [0.2, 0.25) is 0 Å². The molecule has 0 aliphatic heterocycles. The van der Waals surface area contributed by atoms with Crippen LogP contribution in [0.3, 0.4) is 0 Å². The van der Waals surface area contributed by atoms with Crippen LogP contribution in [0.2, 0.25) is 0 Å². The minimum absolute atomic E-state index is 0. The fraction of sp³-hybridized carbons (Fsp3) is 0. The van der Waals surface area contributed by atoms with Crippen LogP contribution in [-0.4, -0.2) is 0 Å².